The average Bonchev–Trinajstić information content (AvgIpc) is 2.91. The molecule has 0 aliphatic rings. The molecule has 0 saturated heterocycles. The molecule has 0 aliphatic carbocycles. The number of pyridine rings is 1. The summed E-state index contributed by atoms with van der Waals surface area (Å²) in [6.07, 6.45) is 5.99. The normalized spacial score (nSPS) is 10.5. The van der Waals surface area contributed by atoms with Gasteiger partial charge in [-0.1, -0.05) is 0 Å². The number of carboxylic acid groups (broad SMARTS) is 1. The molecule has 2 heterocycles. The highest BCUT2D eigenvalue weighted by atomic mass is 16.4. The Labute approximate surface area is 107 Å². The summed E-state index contributed by atoms with van der Waals surface area (Å²) in [7, 11) is 0. The van der Waals surface area contributed by atoms with Crippen LogP contribution in [0.15, 0.2) is 43.1 Å². The van der Waals surface area contributed by atoms with Gasteiger partial charge in [0, 0.05) is 12.2 Å². The van der Waals surface area contributed by atoms with E-state index in [1.54, 1.807) is 12.1 Å². The van der Waals surface area contributed by atoms with Gasteiger partial charge in [0.05, 0.1) is 11.9 Å². The molecule has 0 saturated carbocycles. The molecule has 8 heteroatoms. The number of amides is 1. The lowest BCUT2D eigenvalue weighted by Gasteiger charge is -2.03. The van der Waals surface area contributed by atoms with Gasteiger partial charge in [-0.2, -0.15) is 5.10 Å². The molecule has 0 fully saturated rings. The number of nitrogens with one attached hydrogen (secondary N) is 1. The first kappa shape index (κ1) is 12.4. The largest absolute Gasteiger partial charge is 0.478 e. The first-order valence-corrected chi connectivity index (χ1v) is 5.18. The number of carboxylic acids is 1. The highest BCUT2D eigenvalue weighted by Crippen LogP contribution is 2.08. The molecule has 19 heavy (non-hydrogen) atoms. The van der Waals surface area contributed by atoms with Crippen molar-refractivity contribution < 1.29 is 14.7 Å². The van der Waals surface area contributed by atoms with Crippen LogP contribution in [0.5, 0.6) is 0 Å². The molecule has 0 radical (unpaired) electrons. The average molecular weight is 259 g/mol. The first-order chi connectivity index (χ1) is 9.15. The smallest absolute Gasteiger partial charge is 0.328 e. The minimum absolute atomic E-state index is 0.448. The van der Waals surface area contributed by atoms with E-state index in [2.05, 4.69) is 20.4 Å². The third kappa shape index (κ3) is 3.46. The van der Waals surface area contributed by atoms with Crippen LogP contribution < -0.4 is 5.32 Å². The Hall–Kier alpha value is -3.03. The van der Waals surface area contributed by atoms with Crippen LogP contribution in [-0.4, -0.2) is 36.7 Å². The number of nitrogens with zero attached hydrogens (tertiary/aromatic N) is 4. The molecular weight excluding hydrogens is 250 g/mol. The second kappa shape index (κ2) is 5.54. The Morgan fingerprint density at radius 1 is 1.32 bits per heavy atom. The van der Waals surface area contributed by atoms with Gasteiger partial charge in [-0.25, -0.2) is 19.4 Å². The van der Waals surface area contributed by atoms with E-state index >= 15 is 0 Å². The quantitative estimate of drug-likeness (QED) is 0.761. The number of aliphatic carboxylic acids is 1. The summed E-state index contributed by atoms with van der Waals surface area (Å²) in [6, 6.07) is 3.27. The van der Waals surface area contributed by atoms with E-state index in [0.29, 0.717) is 11.5 Å². The van der Waals surface area contributed by atoms with Crippen LogP contribution in [0.4, 0.5) is 5.69 Å². The molecule has 96 valence electrons. The van der Waals surface area contributed by atoms with E-state index < -0.39 is 11.9 Å². The summed E-state index contributed by atoms with van der Waals surface area (Å²) in [4.78, 5) is 29.4. The van der Waals surface area contributed by atoms with Crippen LogP contribution in [0.3, 0.4) is 0 Å². The monoisotopic (exact) mass is 259 g/mol. The number of carbonyl (C=O) groups excluding carboxylic acids is 1. The Balaban J connectivity index is 2.03. The highest BCUT2D eigenvalue weighted by molar-refractivity contribution is 6.02. The highest BCUT2D eigenvalue weighted by Gasteiger charge is 2.01. The topological polar surface area (TPSA) is 110 Å². The molecule has 2 aromatic rings. The number of hydrogen-bond acceptors (Lipinski definition) is 5. The molecule has 0 aromatic carbocycles. The fourth-order valence-electron chi connectivity index (χ4n) is 1.25. The number of anilines is 1. The molecular formula is C11H9N5O3. The second-order valence-corrected chi connectivity index (χ2v) is 3.41. The van der Waals surface area contributed by atoms with Gasteiger partial charge in [0.25, 0.3) is 0 Å². The van der Waals surface area contributed by atoms with Crippen LogP contribution in [0, 0.1) is 0 Å². The first-order valence-electron chi connectivity index (χ1n) is 5.18. The summed E-state index contributed by atoms with van der Waals surface area (Å²) in [5.74, 6) is -1.18. The van der Waals surface area contributed by atoms with E-state index in [0.717, 1.165) is 12.2 Å². The van der Waals surface area contributed by atoms with Gasteiger partial charge in [-0.05, 0) is 12.1 Å². The Bertz CT molecular complexity index is 604. The molecule has 0 spiro atoms. The van der Waals surface area contributed by atoms with Crippen molar-refractivity contribution in [1.29, 1.82) is 0 Å². The molecule has 0 unspecified atom stereocenters. The van der Waals surface area contributed by atoms with Crippen LogP contribution in [-0.2, 0) is 9.59 Å². The van der Waals surface area contributed by atoms with E-state index in [4.69, 9.17) is 5.11 Å². The lowest BCUT2D eigenvalue weighted by Crippen LogP contribution is -2.09. The van der Waals surface area contributed by atoms with Crippen molar-refractivity contribution in [2.45, 2.75) is 0 Å². The van der Waals surface area contributed by atoms with Gasteiger partial charge in [-0.15, -0.1) is 0 Å². The molecule has 1 amide bonds. The van der Waals surface area contributed by atoms with E-state index in [-0.39, 0.29) is 0 Å². The van der Waals surface area contributed by atoms with Crippen molar-refractivity contribution >= 4 is 17.6 Å². The Morgan fingerprint density at radius 2 is 2.16 bits per heavy atom. The van der Waals surface area contributed by atoms with Crippen LogP contribution >= 0.6 is 0 Å². The van der Waals surface area contributed by atoms with E-state index in [1.807, 2.05) is 0 Å². The van der Waals surface area contributed by atoms with Crippen molar-refractivity contribution in [3.63, 3.8) is 0 Å². The zero-order valence-corrected chi connectivity index (χ0v) is 9.59. The fraction of sp³-hybridized carbons (Fsp3) is 0. The Kier molecular flexibility index (Phi) is 3.62. The summed E-state index contributed by atoms with van der Waals surface area (Å²) in [6.45, 7) is 0. The van der Waals surface area contributed by atoms with Gasteiger partial charge in [0.2, 0.25) is 5.91 Å². The van der Waals surface area contributed by atoms with Crippen molar-refractivity contribution in [1.82, 2.24) is 19.7 Å². The van der Waals surface area contributed by atoms with Gasteiger partial charge in [0.15, 0.2) is 5.82 Å². The third-order valence-corrected chi connectivity index (χ3v) is 2.05. The van der Waals surface area contributed by atoms with Gasteiger partial charge < -0.3 is 10.4 Å². The zero-order valence-electron chi connectivity index (χ0n) is 9.59. The fourth-order valence-corrected chi connectivity index (χ4v) is 1.25. The lowest BCUT2D eigenvalue weighted by atomic mass is 10.4. The summed E-state index contributed by atoms with van der Waals surface area (Å²) in [5, 5.41) is 14.8. The minimum atomic E-state index is -1.19. The van der Waals surface area contributed by atoms with Crippen LogP contribution in [0.25, 0.3) is 5.82 Å². The summed E-state index contributed by atoms with van der Waals surface area (Å²) < 4.78 is 1.47. The van der Waals surface area contributed by atoms with E-state index in [9.17, 15) is 9.59 Å². The maximum absolute atomic E-state index is 11.3. The maximum Gasteiger partial charge on any atom is 0.328 e. The van der Waals surface area contributed by atoms with Crippen molar-refractivity contribution in [2.24, 2.45) is 0 Å². The summed E-state index contributed by atoms with van der Waals surface area (Å²) >= 11 is 0. The molecule has 0 bridgehead atoms. The maximum atomic E-state index is 11.3. The third-order valence-electron chi connectivity index (χ3n) is 2.05. The number of carbonyl (C=O) groups is 2. The zero-order chi connectivity index (χ0) is 13.7. The predicted molar refractivity (Wildman–Crippen MR) is 64.6 cm³/mol. The van der Waals surface area contributed by atoms with Crippen LogP contribution in [0.2, 0.25) is 0 Å². The molecule has 8 nitrogen and oxygen atoms in total. The lowest BCUT2D eigenvalue weighted by molar-refractivity contribution is -0.131. The van der Waals surface area contributed by atoms with E-state index in [1.165, 1.54) is 23.5 Å². The van der Waals surface area contributed by atoms with Crippen molar-refractivity contribution in [3.8, 4) is 5.82 Å². The second-order valence-electron chi connectivity index (χ2n) is 3.41. The number of aromatic nitrogens is 4. The Morgan fingerprint density at radius 3 is 2.74 bits per heavy atom. The SMILES string of the molecule is O=C(O)/C=C/C(=O)Nc1ccc(-n2cncn2)nc1. The number of rotatable bonds is 4. The van der Waals surface area contributed by atoms with Gasteiger partial charge in [0.1, 0.15) is 12.7 Å². The molecule has 2 rings (SSSR count). The predicted octanol–water partition coefficient (Wildman–Crippen LogP) is 0.242. The van der Waals surface area contributed by atoms with Crippen molar-refractivity contribution in [3.05, 3.63) is 43.1 Å². The van der Waals surface area contributed by atoms with Gasteiger partial charge in [-0.3, -0.25) is 4.79 Å². The number of hydrogen-bond donors (Lipinski definition) is 2. The minimum Gasteiger partial charge on any atom is -0.478 e. The standard InChI is InChI=1S/C11H9N5O3/c17-10(3-4-11(18)19)15-8-1-2-9(13-5-8)16-7-12-6-14-16/h1-7H,(H,15,17)(H,18,19)/b4-3+. The molecule has 2 aromatic heterocycles. The summed E-state index contributed by atoms with van der Waals surface area (Å²) in [5.41, 5.74) is 0.448. The molecule has 0 aliphatic heterocycles. The van der Waals surface area contributed by atoms with Gasteiger partial charge >= 0.3 is 5.97 Å². The molecule has 2 N–H and O–H groups in total. The van der Waals surface area contributed by atoms with Crippen LogP contribution in [0.1, 0.15) is 0 Å². The van der Waals surface area contributed by atoms with Crippen molar-refractivity contribution in [2.75, 3.05) is 5.32 Å². The molecule has 0 atom stereocenters.